The molecule has 5 nitrogen and oxygen atoms in total. The van der Waals surface area contributed by atoms with E-state index in [1.807, 2.05) is 19.1 Å². The zero-order valence-corrected chi connectivity index (χ0v) is 15.4. The van der Waals surface area contributed by atoms with Crippen molar-refractivity contribution in [3.05, 3.63) is 39.2 Å². The first-order chi connectivity index (χ1) is 12.5. The highest BCUT2D eigenvalue weighted by atomic mass is 16.5. The molecule has 0 radical (unpaired) electrons. The summed E-state index contributed by atoms with van der Waals surface area (Å²) in [6, 6.07) is 3.83. The van der Waals surface area contributed by atoms with E-state index in [2.05, 4.69) is 5.32 Å². The third-order valence-electron chi connectivity index (χ3n) is 5.80. The number of fused-ring (bicyclic) bond motifs is 3. The van der Waals surface area contributed by atoms with Crippen LogP contribution in [0.3, 0.4) is 0 Å². The van der Waals surface area contributed by atoms with Gasteiger partial charge in [0, 0.05) is 23.1 Å². The minimum absolute atomic E-state index is 0.105. The number of aryl methyl sites for hydroxylation is 2. The van der Waals surface area contributed by atoms with Crippen LogP contribution in [0.2, 0.25) is 0 Å². The first-order valence-corrected chi connectivity index (χ1v) is 9.57. The Labute approximate surface area is 152 Å². The summed E-state index contributed by atoms with van der Waals surface area (Å²) in [7, 11) is 0. The lowest BCUT2D eigenvalue weighted by molar-refractivity contribution is -0.127. The molecule has 1 saturated carbocycles. The van der Waals surface area contributed by atoms with Crippen LogP contribution in [0.5, 0.6) is 5.75 Å². The van der Waals surface area contributed by atoms with E-state index in [0.29, 0.717) is 17.3 Å². The quantitative estimate of drug-likeness (QED) is 0.836. The van der Waals surface area contributed by atoms with Crippen molar-refractivity contribution in [1.29, 1.82) is 0 Å². The number of carbonyl (C=O) groups is 1. The fourth-order valence-corrected chi connectivity index (χ4v) is 3.92. The van der Waals surface area contributed by atoms with Crippen molar-refractivity contribution in [3.63, 3.8) is 0 Å². The number of nitrogens with one attached hydrogen (secondary N) is 1. The lowest BCUT2D eigenvalue weighted by atomic mass is 9.85. The predicted molar refractivity (Wildman–Crippen MR) is 99.7 cm³/mol. The number of rotatable bonds is 5. The van der Waals surface area contributed by atoms with Crippen LogP contribution < -0.4 is 15.7 Å². The van der Waals surface area contributed by atoms with Crippen molar-refractivity contribution < 1.29 is 13.9 Å². The molecule has 0 saturated heterocycles. The molecule has 26 heavy (non-hydrogen) atoms. The molecule has 1 atom stereocenters. The van der Waals surface area contributed by atoms with Crippen molar-refractivity contribution in [3.8, 4) is 5.75 Å². The Morgan fingerprint density at radius 3 is 2.77 bits per heavy atom. The summed E-state index contributed by atoms with van der Waals surface area (Å²) >= 11 is 0. The van der Waals surface area contributed by atoms with Gasteiger partial charge in [0.15, 0.2) is 6.10 Å². The first-order valence-electron chi connectivity index (χ1n) is 9.57. The summed E-state index contributed by atoms with van der Waals surface area (Å²) in [6.07, 6.45) is 5.77. The predicted octanol–water partition coefficient (Wildman–Crippen LogP) is 3.27. The maximum atomic E-state index is 12.3. The Balaban J connectivity index is 1.55. The van der Waals surface area contributed by atoms with Crippen LogP contribution >= 0.6 is 0 Å². The third-order valence-corrected chi connectivity index (χ3v) is 5.80. The number of benzene rings is 1. The molecule has 2 aromatic rings. The minimum Gasteiger partial charge on any atom is -0.480 e. The second-order valence-corrected chi connectivity index (χ2v) is 7.57. The first kappa shape index (κ1) is 17.1. The number of hydrogen-bond acceptors (Lipinski definition) is 4. The molecule has 1 unspecified atom stereocenters. The monoisotopic (exact) mass is 355 g/mol. The molecule has 0 spiro atoms. The summed E-state index contributed by atoms with van der Waals surface area (Å²) in [4.78, 5) is 24.5. The zero-order valence-electron chi connectivity index (χ0n) is 15.4. The topological polar surface area (TPSA) is 68.5 Å². The van der Waals surface area contributed by atoms with Crippen molar-refractivity contribution in [1.82, 2.24) is 5.32 Å². The van der Waals surface area contributed by atoms with Gasteiger partial charge in [0.1, 0.15) is 11.3 Å². The molecule has 0 bridgehead atoms. The minimum atomic E-state index is -0.590. The molecule has 4 rings (SSSR count). The Morgan fingerprint density at radius 2 is 2.04 bits per heavy atom. The molecule has 1 heterocycles. The van der Waals surface area contributed by atoms with E-state index in [1.165, 1.54) is 19.3 Å². The van der Waals surface area contributed by atoms with Crippen LogP contribution in [-0.4, -0.2) is 18.6 Å². The van der Waals surface area contributed by atoms with Gasteiger partial charge in [-0.25, -0.2) is 4.79 Å². The highest BCUT2D eigenvalue weighted by molar-refractivity contribution is 5.86. The molecular formula is C21H25NO4. The van der Waals surface area contributed by atoms with E-state index in [1.54, 1.807) is 6.92 Å². The Hall–Kier alpha value is -2.30. The van der Waals surface area contributed by atoms with Gasteiger partial charge in [-0.2, -0.15) is 0 Å². The van der Waals surface area contributed by atoms with Crippen molar-refractivity contribution >= 4 is 16.9 Å². The van der Waals surface area contributed by atoms with E-state index in [0.717, 1.165) is 47.9 Å². The molecule has 1 aromatic heterocycles. The van der Waals surface area contributed by atoms with Crippen LogP contribution in [0.1, 0.15) is 49.3 Å². The van der Waals surface area contributed by atoms with Gasteiger partial charge in [-0.3, -0.25) is 4.79 Å². The fraction of sp³-hybridized carbons (Fsp3) is 0.524. The molecule has 1 N–H and O–H groups in total. The summed E-state index contributed by atoms with van der Waals surface area (Å²) in [5, 5.41) is 3.96. The SMILES string of the molecule is Cc1c(OC(C)C(=O)NCC2CCC2)ccc2c3c(c(=O)oc12)CCC3. The maximum absolute atomic E-state index is 12.3. The normalized spacial score (nSPS) is 17.6. The summed E-state index contributed by atoms with van der Waals surface area (Å²) in [5.41, 5.74) is 3.03. The van der Waals surface area contributed by atoms with E-state index < -0.39 is 6.10 Å². The van der Waals surface area contributed by atoms with Crippen LogP contribution in [0.4, 0.5) is 0 Å². The molecule has 1 amide bonds. The highest BCUT2D eigenvalue weighted by Gasteiger charge is 2.23. The number of hydrogen-bond donors (Lipinski definition) is 1. The number of carbonyl (C=O) groups excluding carboxylic acids is 1. The van der Waals surface area contributed by atoms with E-state index in [-0.39, 0.29) is 11.5 Å². The van der Waals surface area contributed by atoms with Gasteiger partial charge in [-0.15, -0.1) is 0 Å². The molecule has 0 aliphatic heterocycles. The molecule has 138 valence electrons. The fourth-order valence-electron chi connectivity index (χ4n) is 3.92. The van der Waals surface area contributed by atoms with Crippen LogP contribution in [0.15, 0.2) is 21.3 Å². The van der Waals surface area contributed by atoms with Crippen LogP contribution in [0.25, 0.3) is 11.0 Å². The molecule has 2 aliphatic carbocycles. The highest BCUT2D eigenvalue weighted by Crippen LogP contribution is 2.33. The third kappa shape index (κ3) is 3.00. The summed E-state index contributed by atoms with van der Waals surface area (Å²) < 4.78 is 11.5. The Bertz CT molecular complexity index is 910. The van der Waals surface area contributed by atoms with Gasteiger partial charge < -0.3 is 14.5 Å². The summed E-state index contributed by atoms with van der Waals surface area (Å²) in [5.74, 6) is 1.10. The average Bonchev–Trinajstić information content (AvgIpc) is 3.07. The second kappa shape index (κ2) is 6.78. The van der Waals surface area contributed by atoms with Gasteiger partial charge in [0.05, 0.1) is 0 Å². The Morgan fingerprint density at radius 1 is 1.27 bits per heavy atom. The van der Waals surface area contributed by atoms with E-state index in [4.69, 9.17) is 9.15 Å². The summed E-state index contributed by atoms with van der Waals surface area (Å²) in [6.45, 7) is 4.35. The molecule has 1 aromatic carbocycles. The Kier molecular flexibility index (Phi) is 4.47. The van der Waals surface area contributed by atoms with Crippen molar-refractivity contribution in [2.45, 2.75) is 58.5 Å². The van der Waals surface area contributed by atoms with Gasteiger partial charge in [-0.05, 0) is 69.6 Å². The van der Waals surface area contributed by atoms with Gasteiger partial charge in [-0.1, -0.05) is 6.42 Å². The molecular weight excluding hydrogens is 330 g/mol. The van der Waals surface area contributed by atoms with Crippen molar-refractivity contribution in [2.24, 2.45) is 5.92 Å². The van der Waals surface area contributed by atoms with E-state index >= 15 is 0 Å². The van der Waals surface area contributed by atoms with Crippen LogP contribution in [-0.2, 0) is 17.6 Å². The largest absolute Gasteiger partial charge is 0.480 e. The van der Waals surface area contributed by atoms with Crippen molar-refractivity contribution in [2.75, 3.05) is 6.54 Å². The molecule has 2 aliphatic rings. The zero-order chi connectivity index (χ0) is 18.3. The standard InChI is InChI=1S/C21H25NO4/c1-12-18(25-13(2)20(23)22-11-14-5-3-6-14)10-9-16-15-7-4-8-17(15)21(24)26-19(12)16/h9-10,13-14H,3-8,11H2,1-2H3,(H,22,23). The van der Waals surface area contributed by atoms with E-state index in [9.17, 15) is 9.59 Å². The lowest BCUT2D eigenvalue weighted by Crippen LogP contribution is -2.40. The smallest absolute Gasteiger partial charge is 0.339 e. The molecule has 5 heteroatoms. The van der Waals surface area contributed by atoms with Crippen LogP contribution in [0, 0.1) is 12.8 Å². The second-order valence-electron chi connectivity index (χ2n) is 7.57. The number of amides is 1. The number of ether oxygens (including phenoxy) is 1. The average molecular weight is 355 g/mol. The van der Waals surface area contributed by atoms with Gasteiger partial charge >= 0.3 is 5.63 Å². The lowest BCUT2D eigenvalue weighted by Gasteiger charge is -2.26. The maximum Gasteiger partial charge on any atom is 0.339 e. The van der Waals surface area contributed by atoms with Gasteiger partial charge in [0.2, 0.25) is 0 Å². The molecule has 1 fully saturated rings. The van der Waals surface area contributed by atoms with Gasteiger partial charge in [0.25, 0.3) is 5.91 Å².